The number of anilines is 1. The topological polar surface area (TPSA) is 62.7 Å². The summed E-state index contributed by atoms with van der Waals surface area (Å²) >= 11 is 1.17. The molecule has 0 bridgehead atoms. The molecule has 1 aromatic heterocycles. The summed E-state index contributed by atoms with van der Waals surface area (Å²) in [5, 5.41) is 0.499. The van der Waals surface area contributed by atoms with Crippen molar-refractivity contribution >= 4 is 28.5 Å². The lowest BCUT2D eigenvalue weighted by Crippen LogP contribution is -2.49. The van der Waals surface area contributed by atoms with Crippen molar-refractivity contribution in [1.82, 2.24) is 9.88 Å². The second-order valence-electron chi connectivity index (χ2n) is 5.97. The molecule has 2 amide bonds. The fourth-order valence-electron chi connectivity index (χ4n) is 2.80. The Kier molecular flexibility index (Phi) is 5.51. The third-order valence-electron chi connectivity index (χ3n) is 4.07. The van der Waals surface area contributed by atoms with Crippen LogP contribution in [-0.2, 0) is 11.3 Å². The molecule has 0 N–H and O–H groups in total. The maximum atomic E-state index is 13.1. The van der Waals surface area contributed by atoms with Gasteiger partial charge in [-0.15, -0.1) is 0 Å². The number of urea groups is 1. The largest absolute Gasteiger partial charge is 0.462 e. The van der Waals surface area contributed by atoms with Gasteiger partial charge in [0.15, 0.2) is 5.13 Å². The number of carbonyl (C=O) groups excluding carboxylic acids is 2. The standard InChI is InChI=1S/C18H20FN3O3S/c1-3-25-16(23)15-12(2)20-17(26-15)22-10-4-9-21(18(22)24)11-13-5-7-14(19)8-6-13/h5-8H,3-4,9-11H2,1-2H3. The summed E-state index contributed by atoms with van der Waals surface area (Å²) < 4.78 is 18.1. The number of thiazole rings is 1. The summed E-state index contributed by atoms with van der Waals surface area (Å²) in [5.74, 6) is -0.716. The first kappa shape index (κ1) is 18.3. The van der Waals surface area contributed by atoms with Crippen molar-refractivity contribution in [1.29, 1.82) is 0 Å². The molecule has 1 fully saturated rings. The molecule has 1 aliphatic heterocycles. The lowest BCUT2D eigenvalue weighted by Gasteiger charge is -2.34. The lowest BCUT2D eigenvalue weighted by atomic mass is 10.2. The van der Waals surface area contributed by atoms with Gasteiger partial charge in [-0.2, -0.15) is 0 Å². The first-order valence-corrected chi connectivity index (χ1v) is 9.26. The quantitative estimate of drug-likeness (QED) is 0.747. The minimum Gasteiger partial charge on any atom is -0.462 e. The molecule has 1 saturated heterocycles. The van der Waals surface area contributed by atoms with E-state index in [1.165, 1.54) is 23.5 Å². The number of rotatable bonds is 5. The van der Waals surface area contributed by atoms with Crippen molar-refractivity contribution in [3.8, 4) is 0 Å². The van der Waals surface area contributed by atoms with Gasteiger partial charge in [0.1, 0.15) is 10.7 Å². The number of amides is 2. The summed E-state index contributed by atoms with van der Waals surface area (Å²) in [7, 11) is 0. The number of benzene rings is 1. The predicted molar refractivity (Wildman–Crippen MR) is 97.0 cm³/mol. The molecule has 0 spiro atoms. The van der Waals surface area contributed by atoms with Crippen molar-refractivity contribution in [2.24, 2.45) is 0 Å². The van der Waals surface area contributed by atoms with E-state index in [1.54, 1.807) is 35.8 Å². The maximum Gasteiger partial charge on any atom is 0.350 e. The number of nitrogens with zero attached hydrogens (tertiary/aromatic N) is 3. The minimum absolute atomic E-state index is 0.162. The van der Waals surface area contributed by atoms with E-state index in [0.29, 0.717) is 41.9 Å². The molecule has 0 unspecified atom stereocenters. The fraction of sp³-hybridized carbons (Fsp3) is 0.389. The van der Waals surface area contributed by atoms with Crippen LogP contribution in [0.2, 0.25) is 0 Å². The molecule has 6 nitrogen and oxygen atoms in total. The molecule has 3 rings (SSSR count). The van der Waals surface area contributed by atoms with Crippen LogP contribution in [0.25, 0.3) is 0 Å². The summed E-state index contributed by atoms with van der Waals surface area (Å²) in [6, 6.07) is 5.96. The summed E-state index contributed by atoms with van der Waals surface area (Å²) in [4.78, 5) is 32.9. The molecule has 0 aliphatic carbocycles. The van der Waals surface area contributed by atoms with Gasteiger partial charge in [-0.3, -0.25) is 4.90 Å². The Morgan fingerprint density at radius 3 is 2.73 bits per heavy atom. The summed E-state index contributed by atoms with van der Waals surface area (Å²) in [5.41, 5.74) is 1.43. The molecule has 1 aromatic carbocycles. The zero-order valence-electron chi connectivity index (χ0n) is 14.7. The van der Waals surface area contributed by atoms with Crippen LogP contribution in [0.3, 0.4) is 0 Å². The number of ether oxygens (including phenoxy) is 1. The Morgan fingerprint density at radius 2 is 2.04 bits per heavy atom. The number of hydrogen-bond acceptors (Lipinski definition) is 5. The summed E-state index contributed by atoms with van der Waals surface area (Å²) in [6.07, 6.45) is 0.792. The molecule has 0 radical (unpaired) electrons. The molecule has 26 heavy (non-hydrogen) atoms. The SMILES string of the molecule is CCOC(=O)c1sc(N2CCCN(Cc3ccc(F)cc3)C2=O)nc1C. The van der Waals surface area contributed by atoms with Crippen molar-refractivity contribution in [3.63, 3.8) is 0 Å². The van der Waals surface area contributed by atoms with E-state index >= 15 is 0 Å². The number of carbonyl (C=O) groups is 2. The van der Waals surface area contributed by atoms with Crippen molar-refractivity contribution in [2.75, 3.05) is 24.6 Å². The molecule has 2 heterocycles. The van der Waals surface area contributed by atoms with Gasteiger partial charge in [0.2, 0.25) is 0 Å². The van der Waals surface area contributed by atoms with E-state index < -0.39 is 5.97 Å². The Morgan fingerprint density at radius 1 is 1.31 bits per heavy atom. The van der Waals surface area contributed by atoms with E-state index in [2.05, 4.69) is 4.98 Å². The first-order valence-electron chi connectivity index (χ1n) is 8.45. The zero-order valence-corrected chi connectivity index (χ0v) is 15.5. The Bertz CT molecular complexity index is 807. The molecule has 1 aliphatic rings. The minimum atomic E-state index is -0.415. The second kappa shape index (κ2) is 7.82. The van der Waals surface area contributed by atoms with Gasteiger partial charge < -0.3 is 9.64 Å². The van der Waals surface area contributed by atoms with Gasteiger partial charge in [-0.25, -0.2) is 19.0 Å². The van der Waals surface area contributed by atoms with Crippen LogP contribution in [0.15, 0.2) is 24.3 Å². The van der Waals surface area contributed by atoms with Crippen LogP contribution in [0.4, 0.5) is 14.3 Å². The number of aryl methyl sites for hydroxylation is 1. The highest BCUT2D eigenvalue weighted by Crippen LogP contribution is 2.29. The zero-order chi connectivity index (χ0) is 18.7. The van der Waals surface area contributed by atoms with Gasteiger partial charge in [0, 0.05) is 19.6 Å². The molecule has 0 saturated carbocycles. The van der Waals surface area contributed by atoms with Gasteiger partial charge in [-0.1, -0.05) is 23.5 Å². The van der Waals surface area contributed by atoms with Crippen LogP contribution >= 0.6 is 11.3 Å². The van der Waals surface area contributed by atoms with Crippen LogP contribution in [0.1, 0.15) is 34.3 Å². The van der Waals surface area contributed by atoms with Gasteiger partial charge in [-0.05, 0) is 38.0 Å². The normalized spacial score (nSPS) is 14.7. The number of halogens is 1. The highest BCUT2D eigenvalue weighted by molar-refractivity contribution is 7.17. The first-order chi connectivity index (χ1) is 12.5. The third kappa shape index (κ3) is 3.85. The number of esters is 1. The number of aromatic nitrogens is 1. The average molecular weight is 377 g/mol. The highest BCUT2D eigenvalue weighted by atomic mass is 32.1. The summed E-state index contributed by atoms with van der Waals surface area (Å²) in [6.45, 7) is 5.35. The lowest BCUT2D eigenvalue weighted by molar-refractivity contribution is 0.0531. The van der Waals surface area contributed by atoms with Crippen LogP contribution in [-0.4, -0.2) is 41.6 Å². The van der Waals surface area contributed by atoms with E-state index in [0.717, 1.165) is 12.0 Å². The molecule has 2 aromatic rings. The van der Waals surface area contributed by atoms with E-state index in [9.17, 15) is 14.0 Å². The Labute approximate surface area is 155 Å². The Balaban J connectivity index is 1.76. The molecule has 8 heteroatoms. The number of hydrogen-bond donors (Lipinski definition) is 0. The van der Waals surface area contributed by atoms with E-state index in [-0.39, 0.29) is 11.8 Å². The van der Waals surface area contributed by atoms with Crippen LogP contribution in [0.5, 0.6) is 0 Å². The second-order valence-corrected chi connectivity index (χ2v) is 6.94. The highest BCUT2D eigenvalue weighted by Gasteiger charge is 2.30. The monoisotopic (exact) mass is 377 g/mol. The van der Waals surface area contributed by atoms with Crippen LogP contribution in [0, 0.1) is 12.7 Å². The van der Waals surface area contributed by atoms with Crippen molar-refractivity contribution < 1.29 is 18.7 Å². The van der Waals surface area contributed by atoms with Gasteiger partial charge in [0.25, 0.3) is 0 Å². The smallest absolute Gasteiger partial charge is 0.350 e. The van der Waals surface area contributed by atoms with Crippen molar-refractivity contribution in [2.45, 2.75) is 26.8 Å². The van der Waals surface area contributed by atoms with Gasteiger partial charge in [0.05, 0.1) is 12.3 Å². The molecular weight excluding hydrogens is 357 g/mol. The molecule has 0 atom stereocenters. The van der Waals surface area contributed by atoms with Gasteiger partial charge >= 0.3 is 12.0 Å². The fourth-order valence-corrected chi connectivity index (χ4v) is 3.78. The van der Waals surface area contributed by atoms with Crippen LogP contribution < -0.4 is 4.90 Å². The predicted octanol–water partition coefficient (Wildman–Crippen LogP) is 3.60. The van der Waals surface area contributed by atoms with E-state index in [1.807, 2.05) is 0 Å². The molecular formula is C18H20FN3O3S. The third-order valence-corrected chi connectivity index (χ3v) is 5.24. The molecule has 138 valence electrons. The maximum absolute atomic E-state index is 13.1. The average Bonchev–Trinajstić information content (AvgIpc) is 3.00. The van der Waals surface area contributed by atoms with Crippen molar-refractivity contribution in [3.05, 3.63) is 46.2 Å². The van der Waals surface area contributed by atoms with E-state index in [4.69, 9.17) is 4.74 Å². The Hall–Kier alpha value is -2.48.